The lowest BCUT2D eigenvalue weighted by Gasteiger charge is -2.33. The first-order valence-electron chi connectivity index (χ1n) is 9.91. The number of carbonyl (C=O) groups is 1. The maximum Gasteiger partial charge on any atom is 0.332 e. The third-order valence-corrected chi connectivity index (χ3v) is 5.56. The van der Waals surface area contributed by atoms with Crippen molar-refractivity contribution in [3.63, 3.8) is 0 Å². The molecule has 0 saturated heterocycles. The highest BCUT2D eigenvalue weighted by Gasteiger charge is 2.30. The first-order chi connectivity index (χ1) is 14.3. The number of aromatic nitrogens is 4. The first kappa shape index (κ1) is 19.9. The molecule has 2 aromatic heterocycles. The molecule has 1 aliphatic rings. The highest BCUT2D eigenvalue weighted by Crippen LogP contribution is 2.32. The van der Waals surface area contributed by atoms with Gasteiger partial charge in [0.15, 0.2) is 11.2 Å². The van der Waals surface area contributed by atoms with Crippen molar-refractivity contribution in [2.75, 3.05) is 11.4 Å². The molecule has 3 heterocycles. The van der Waals surface area contributed by atoms with Crippen molar-refractivity contribution in [2.45, 2.75) is 33.4 Å². The fraction of sp³-hybridized carbons (Fsp3) is 0.400. The lowest BCUT2D eigenvalue weighted by Crippen LogP contribution is -2.45. The number of nitrogens with zero attached hydrogens (tertiary/aromatic N) is 5. The number of rotatable bonds is 4. The normalized spacial score (nSPS) is 16.0. The average Bonchev–Trinajstić information content (AvgIpc) is 3.14. The Morgan fingerprint density at radius 2 is 1.93 bits per heavy atom. The van der Waals surface area contributed by atoms with Gasteiger partial charge in [0.2, 0.25) is 5.95 Å². The standard InChI is InChI=1S/C20H25N7O3/c1-4-13-5-7-14(8-6-13)25-9-12(2)10-26-16-17(22-19(25)26)24(3)20(30)27(18(16)29)11-15(28)23-21/h5-8,12H,4,9-11,21H2,1-3H3,(H,23,28)/t12-/m1/s1. The Kier molecular flexibility index (Phi) is 4.94. The van der Waals surface area contributed by atoms with E-state index in [1.807, 2.05) is 22.1 Å². The van der Waals surface area contributed by atoms with E-state index in [9.17, 15) is 14.4 Å². The van der Waals surface area contributed by atoms with E-state index in [2.05, 4.69) is 35.9 Å². The predicted octanol–water partition coefficient (Wildman–Crippen LogP) is 0.237. The van der Waals surface area contributed by atoms with Crippen LogP contribution >= 0.6 is 0 Å². The highest BCUT2D eigenvalue weighted by molar-refractivity contribution is 5.78. The van der Waals surface area contributed by atoms with Crippen molar-refractivity contribution < 1.29 is 4.79 Å². The van der Waals surface area contributed by atoms with Crippen LogP contribution in [0.15, 0.2) is 33.9 Å². The van der Waals surface area contributed by atoms with E-state index in [-0.39, 0.29) is 5.92 Å². The SMILES string of the molecule is CCc1ccc(N2C[C@@H](C)Cn3c2nc2c3c(=O)n(CC(=O)NN)c(=O)n2C)cc1. The maximum atomic E-state index is 13.2. The molecule has 1 amide bonds. The molecule has 30 heavy (non-hydrogen) atoms. The monoisotopic (exact) mass is 411 g/mol. The molecule has 0 saturated carbocycles. The Hall–Kier alpha value is -3.40. The van der Waals surface area contributed by atoms with Gasteiger partial charge < -0.3 is 9.47 Å². The molecule has 1 aromatic carbocycles. The minimum atomic E-state index is -0.627. The predicted molar refractivity (Wildman–Crippen MR) is 114 cm³/mol. The topological polar surface area (TPSA) is 120 Å². The molecule has 1 aliphatic heterocycles. The van der Waals surface area contributed by atoms with Gasteiger partial charge in [-0.05, 0) is 30.0 Å². The van der Waals surface area contributed by atoms with Gasteiger partial charge in [-0.15, -0.1) is 0 Å². The van der Waals surface area contributed by atoms with Gasteiger partial charge in [-0.1, -0.05) is 26.0 Å². The van der Waals surface area contributed by atoms with E-state index in [0.29, 0.717) is 23.7 Å². The molecule has 0 spiro atoms. The van der Waals surface area contributed by atoms with Gasteiger partial charge in [0.1, 0.15) is 6.54 Å². The number of hydrazine groups is 1. The summed E-state index contributed by atoms with van der Waals surface area (Å²) in [5.41, 5.74) is 3.61. The van der Waals surface area contributed by atoms with Crippen LogP contribution in [-0.4, -0.2) is 31.1 Å². The fourth-order valence-corrected chi connectivity index (χ4v) is 3.96. The van der Waals surface area contributed by atoms with Gasteiger partial charge >= 0.3 is 5.69 Å². The molecule has 0 bridgehead atoms. The molecule has 158 valence electrons. The number of carbonyl (C=O) groups excluding carboxylic acids is 1. The maximum absolute atomic E-state index is 13.2. The van der Waals surface area contributed by atoms with Gasteiger partial charge in [0, 0.05) is 25.8 Å². The minimum Gasteiger partial charge on any atom is -0.312 e. The number of amides is 1. The van der Waals surface area contributed by atoms with Gasteiger partial charge in [-0.2, -0.15) is 4.98 Å². The molecular weight excluding hydrogens is 386 g/mol. The molecular formula is C20H25N7O3. The zero-order valence-corrected chi connectivity index (χ0v) is 17.3. The largest absolute Gasteiger partial charge is 0.332 e. The molecule has 4 rings (SSSR count). The third-order valence-electron chi connectivity index (χ3n) is 5.56. The van der Waals surface area contributed by atoms with Gasteiger partial charge in [0.25, 0.3) is 11.5 Å². The highest BCUT2D eigenvalue weighted by atomic mass is 16.2. The molecule has 10 nitrogen and oxygen atoms in total. The van der Waals surface area contributed by atoms with Crippen LogP contribution < -0.4 is 27.4 Å². The van der Waals surface area contributed by atoms with Crippen molar-refractivity contribution in [1.29, 1.82) is 0 Å². The van der Waals surface area contributed by atoms with Crippen molar-refractivity contribution >= 4 is 28.7 Å². The number of imidazole rings is 1. The van der Waals surface area contributed by atoms with Crippen LogP contribution in [0, 0.1) is 5.92 Å². The van der Waals surface area contributed by atoms with E-state index < -0.39 is 23.7 Å². The summed E-state index contributed by atoms with van der Waals surface area (Å²) in [6.45, 7) is 5.09. The summed E-state index contributed by atoms with van der Waals surface area (Å²) < 4.78 is 4.03. The van der Waals surface area contributed by atoms with Gasteiger partial charge in [0.05, 0.1) is 0 Å². The lowest BCUT2D eigenvalue weighted by molar-refractivity contribution is -0.121. The molecule has 1 atom stereocenters. The number of fused-ring (bicyclic) bond motifs is 3. The summed E-state index contributed by atoms with van der Waals surface area (Å²) in [5, 5.41) is 0. The zero-order valence-electron chi connectivity index (χ0n) is 17.3. The number of nitrogens with one attached hydrogen (secondary N) is 1. The van der Waals surface area contributed by atoms with E-state index in [1.54, 1.807) is 7.05 Å². The summed E-state index contributed by atoms with van der Waals surface area (Å²) in [7, 11) is 1.55. The minimum absolute atomic E-state index is 0.248. The van der Waals surface area contributed by atoms with Crippen LogP contribution in [0.25, 0.3) is 11.2 Å². The molecule has 0 radical (unpaired) electrons. The van der Waals surface area contributed by atoms with Crippen LogP contribution in [0.5, 0.6) is 0 Å². The second-order valence-corrected chi connectivity index (χ2v) is 7.73. The second-order valence-electron chi connectivity index (χ2n) is 7.73. The van der Waals surface area contributed by atoms with Crippen molar-refractivity contribution in [3.05, 3.63) is 50.7 Å². The molecule has 3 aromatic rings. The summed E-state index contributed by atoms with van der Waals surface area (Å²) in [4.78, 5) is 44.3. The molecule has 0 fully saturated rings. The fourth-order valence-electron chi connectivity index (χ4n) is 3.96. The molecule has 0 unspecified atom stereocenters. The summed E-state index contributed by atoms with van der Waals surface area (Å²) in [6.07, 6.45) is 0.952. The zero-order chi connectivity index (χ0) is 21.6. The molecule has 10 heteroatoms. The van der Waals surface area contributed by atoms with Gasteiger partial charge in [-0.25, -0.2) is 15.2 Å². The number of hydrogen-bond donors (Lipinski definition) is 2. The van der Waals surface area contributed by atoms with Crippen molar-refractivity contribution in [1.82, 2.24) is 24.1 Å². The van der Waals surface area contributed by atoms with Crippen LogP contribution in [0.4, 0.5) is 11.6 Å². The van der Waals surface area contributed by atoms with E-state index in [0.717, 1.165) is 23.2 Å². The van der Waals surface area contributed by atoms with Crippen molar-refractivity contribution in [2.24, 2.45) is 18.8 Å². The molecule has 3 N–H and O–H groups in total. The summed E-state index contributed by atoms with van der Waals surface area (Å²) in [6, 6.07) is 8.25. The number of benzene rings is 1. The Morgan fingerprint density at radius 1 is 1.23 bits per heavy atom. The van der Waals surface area contributed by atoms with Crippen molar-refractivity contribution in [3.8, 4) is 0 Å². The second kappa shape index (κ2) is 7.45. The van der Waals surface area contributed by atoms with Crippen LogP contribution in [0.2, 0.25) is 0 Å². The Morgan fingerprint density at radius 3 is 2.57 bits per heavy atom. The Bertz CT molecular complexity index is 1240. The average molecular weight is 411 g/mol. The number of hydrogen-bond acceptors (Lipinski definition) is 6. The smallest absolute Gasteiger partial charge is 0.312 e. The number of aryl methyl sites for hydroxylation is 2. The quantitative estimate of drug-likeness (QED) is 0.360. The summed E-state index contributed by atoms with van der Waals surface area (Å²) in [5.74, 6) is 5.37. The first-order valence-corrected chi connectivity index (χ1v) is 9.91. The Balaban J connectivity index is 1.94. The van der Waals surface area contributed by atoms with E-state index >= 15 is 0 Å². The van der Waals surface area contributed by atoms with E-state index in [1.165, 1.54) is 10.1 Å². The summed E-state index contributed by atoms with van der Waals surface area (Å²) >= 11 is 0. The molecule has 0 aliphatic carbocycles. The number of anilines is 2. The van der Waals surface area contributed by atoms with Crippen LogP contribution in [-0.2, 0) is 31.4 Å². The van der Waals surface area contributed by atoms with E-state index in [4.69, 9.17) is 5.84 Å². The van der Waals surface area contributed by atoms with Crippen LogP contribution in [0.3, 0.4) is 0 Å². The third kappa shape index (κ3) is 3.09. The number of nitrogens with two attached hydrogens (primary N) is 1. The lowest BCUT2D eigenvalue weighted by atomic mass is 10.1. The Labute approximate surface area is 172 Å². The van der Waals surface area contributed by atoms with Crippen LogP contribution in [0.1, 0.15) is 19.4 Å². The van der Waals surface area contributed by atoms with Gasteiger partial charge in [-0.3, -0.25) is 19.6 Å².